The second-order valence-electron chi connectivity index (χ2n) is 5.72. The van der Waals surface area contributed by atoms with E-state index in [0.717, 1.165) is 26.2 Å². The summed E-state index contributed by atoms with van der Waals surface area (Å²) in [7, 11) is 4.15. The molecule has 1 heterocycles. The maximum Gasteiger partial charge on any atom is 0.0368 e. The van der Waals surface area contributed by atoms with Gasteiger partial charge in [-0.15, -0.1) is 0 Å². The highest BCUT2D eigenvalue weighted by atomic mass is 15.3. The highest BCUT2D eigenvalue weighted by Crippen LogP contribution is 2.22. The molecule has 1 aliphatic heterocycles. The molecule has 0 atom stereocenters. The van der Waals surface area contributed by atoms with Gasteiger partial charge >= 0.3 is 0 Å². The maximum atomic E-state index is 2.47. The minimum absolute atomic E-state index is 1.08. The molecule has 21 heavy (non-hydrogen) atoms. The molecule has 0 saturated carbocycles. The lowest BCUT2D eigenvalue weighted by molar-refractivity contribution is 0.653. The Morgan fingerprint density at radius 1 is 0.667 bits per heavy atom. The predicted octanol–water partition coefficient (Wildman–Crippen LogP) is 3.08. The lowest BCUT2D eigenvalue weighted by atomic mass is 10.2. The first kappa shape index (κ1) is 13.8. The van der Waals surface area contributed by atoms with Crippen LogP contribution in [0.25, 0.3) is 0 Å². The second-order valence-corrected chi connectivity index (χ2v) is 5.72. The van der Waals surface area contributed by atoms with Gasteiger partial charge in [-0.2, -0.15) is 0 Å². The summed E-state index contributed by atoms with van der Waals surface area (Å²) < 4.78 is 0. The largest absolute Gasteiger partial charge is 0.378 e. The van der Waals surface area contributed by atoms with Gasteiger partial charge in [-0.1, -0.05) is 18.2 Å². The molecule has 0 radical (unpaired) electrons. The van der Waals surface area contributed by atoms with Gasteiger partial charge < -0.3 is 14.7 Å². The van der Waals surface area contributed by atoms with E-state index in [9.17, 15) is 0 Å². The Hall–Kier alpha value is -2.16. The van der Waals surface area contributed by atoms with Crippen LogP contribution in [0.5, 0.6) is 0 Å². The van der Waals surface area contributed by atoms with Crippen LogP contribution in [0.1, 0.15) is 0 Å². The Morgan fingerprint density at radius 2 is 1.14 bits per heavy atom. The molecule has 110 valence electrons. The molecule has 1 aliphatic rings. The molecular formula is C18H23N3. The van der Waals surface area contributed by atoms with Crippen molar-refractivity contribution in [2.45, 2.75) is 0 Å². The van der Waals surface area contributed by atoms with Crippen LogP contribution in [-0.4, -0.2) is 40.3 Å². The lowest BCUT2D eigenvalue weighted by Crippen LogP contribution is -2.46. The molecule has 0 bridgehead atoms. The normalized spacial score (nSPS) is 15.1. The Balaban J connectivity index is 1.63. The molecule has 2 aromatic rings. The summed E-state index contributed by atoms with van der Waals surface area (Å²) in [5.74, 6) is 0. The van der Waals surface area contributed by atoms with E-state index in [2.05, 4.69) is 83.4 Å². The van der Waals surface area contributed by atoms with E-state index < -0.39 is 0 Å². The van der Waals surface area contributed by atoms with E-state index in [4.69, 9.17) is 0 Å². The monoisotopic (exact) mass is 281 g/mol. The summed E-state index contributed by atoms with van der Waals surface area (Å²) >= 11 is 0. The van der Waals surface area contributed by atoms with Crippen molar-refractivity contribution >= 4 is 17.1 Å². The molecule has 0 spiro atoms. The van der Waals surface area contributed by atoms with Crippen LogP contribution in [-0.2, 0) is 0 Å². The Bertz CT molecular complexity index is 555. The summed E-state index contributed by atoms with van der Waals surface area (Å²) in [6.45, 7) is 4.32. The smallest absolute Gasteiger partial charge is 0.0368 e. The van der Waals surface area contributed by atoms with Crippen molar-refractivity contribution in [2.24, 2.45) is 0 Å². The molecule has 3 heteroatoms. The van der Waals surface area contributed by atoms with Gasteiger partial charge in [-0.25, -0.2) is 0 Å². The number of para-hydroxylation sites is 1. The van der Waals surface area contributed by atoms with Gasteiger partial charge in [0.25, 0.3) is 0 Å². The standard InChI is InChI=1S/C18H23N3/c1-19(2)16-8-10-18(11-9-16)21-14-12-20(13-15-21)17-6-4-3-5-7-17/h3-11H,12-15H2,1-2H3. The van der Waals surface area contributed by atoms with E-state index in [1.165, 1.54) is 17.1 Å². The summed E-state index contributed by atoms with van der Waals surface area (Å²) in [5, 5.41) is 0. The summed E-state index contributed by atoms with van der Waals surface area (Å²) in [4.78, 5) is 7.07. The van der Waals surface area contributed by atoms with Gasteiger partial charge in [0.2, 0.25) is 0 Å². The summed E-state index contributed by atoms with van der Waals surface area (Å²) in [5.41, 5.74) is 3.91. The SMILES string of the molecule is CN(C)c1ccc(N2CCN(c3ccccc3)CC2)cc1. The molecule has 1 fully saturated rings. The van der Waals surface area contributed by atoms with Gasteiger partial charge in [-0.05, 0) is 36.4 Å². The van der Waals surface area contributed by atoms with E-state index in [-0.39, 0.29) is 0 Å². The number of piperazine rings is 1. The van der Waals surface area contributed by atoms with Crippen LogP contribution in [0.15, 0.2) is 54.6 Å². The van der Waals surface area contributed by atoms with Crippen molar-refractivity contribution in [1.29, 1.82) is 0 Å². The van der Waals surface area contributed by atoms with Gasteiger partial charge in [0.05, 0.1) is 0 Å². The van der Waals surface area contributed by atoms with Crippen LogP contribution < -0.4 is 14.7 Å². The number of rotatable bonds is 3. The molecular weight excluding hydrogens is 258 g/mol. The van der Waals surface area contributed by atoms with Gasteiger partial charge in [0.1, 0.15) is 0 Å². The second kappa shape index (κ2) is 6.08. The van der Waals surface area contributed by atoms with Crippen molar-refractivity contribution < 1.29 is 0 Å². The third-order valence-corrected chi connectivity index (χ3v) is 4.13. The zero-order valence-electron chi connectivity index (χ0n) is 12.9. The third kappa shape index (κ3) is 3.13. The van der Waals surface area contributed by atoms with Gasteiger partial charge in [0.15, 0.2) is 0 Å². The fourth-order valence-electron chi connectivity index (χ4n) is 2.82. The fourth-order valence-corrected chi connectivity index (χ4v) is 2.82. The number of hydrogen-bond donors (Lipinski definition) is 0. The van der Waals surface area contributed by atoms with Crippen LogP contribution in [0.3, 0.4) is 0 Å². The molecule has 0 aromatic heterocycles. The van der Waals surface area contributed by atoms with Crippen molar-refractivity contribution in [3.8, 4) is 0 Å². The quantitative estimate of drug-likeness (QED) is 0.856. The molecule has 0 amide bonds. The summed E-state index contributed by atoms with van der Waals surface area (Å²) in [6.07, 6.45) is 0. The molecule has 3 rings (SSSR count). The average Bonchev–Trinajstić information content (AvgIpc) is 2.56. The van der Waals surface area contributed by atoms with Gasteiger partial charge in [-0.3, -0.25) is 0 Å². The first-order valence-corrected chi connectivity index (χ1v) is 7.56. The zero-order chi connectivity index (χ0) is 14.7. The minimum Gasteiger partial charge on any atom is -0.378 e. The Morgan fingerprint density at radius 3 is 1.62 bits per heavy atom. The highest BCUT2D eigenvalue weighted by Gasteiger charge is 2.17. The van der Waals surface area contributed by atoms with Crippen molar-refractivity contribution in [1.82, 2.24) is 0 Å². The van der Waals surface area contributed by atoms with E-state index in [0.29, 0.717) is 0 Å². The van der Waals surface area contributed by atoms with Crippen molar-refractivity contribution in [3.05, 3.63) is 54.6 Å². The Labute approximate surface area is 127 Å². The van der Waals surface area contributed by atoms with Crippen molar-refractivity contribution in [3.63, 3.8) is 0 Å². The van der Waals surface area contributed by atoms with E-state index >= 15 is 0 Å². The van der Waals surface area contributed by atoms with Crippen LogP contribution in [0, 0.1) is 0 Å². The van der Waals surface area contributed by atoms with Gasteiger partial charge in [0, 0.05) is 57.3 Å². The molecule has 2 aromatic carbocycles. The zero-order valence-corrected chi connectivity index (χ0v) is 12.9. The predicted molar refractivity (Wildman–Crippen MR) is 91.6 cm³/mol. The maximum absolute atomic E-state index is 2.47. The summed E-state index contributed by atoms with van der Waals surface area (Å²) in [6, 6.07) is 19.5. The highest BCUT2D eigenvalue weighted by molar-refractivity contribution is 5.57. The van der Waals surface area contributed by atoms with E-state index in [1.54, 1.807) is 0 Å². The van der Waals surface area contributed by atoms with Crippen LogP contribution in [0.4, 0.5) is 17.1 Å². The first-order chi connectivity index (χ1) is 10.2. The molecule has 0 aliphatic carbocycles. The molecule has 1 saturated heterocycles. The minimum atomic E-state index is 1.08. The lowest BCUT2D eigenvalue weighted by Gasteiger charge is -2.37. The number of benzene rings is 2. The fraction of sp³-hybridized carbons (Fsp3) is 0.333. The first-order valence-electron chi connectivity index (χ1n) is 7.56. The molecule has 0 unspecified atom stereocenters. The third-order valence-electron chi connectivity index (χ3n) is 4.13. The molecule has 0 N–H and O–H groups in total. The van der Waals surface area contributed by atoms with E-state index in [1.807, 2.05) is 0 Å². The number of nitrogens with zero attached hydrogens (tertiary/aromatic N) is 3. The topological polar surface area (TPSA) is 9.72 Å². The van der Waals surface area contributed by atoms with Crippen LogP contribution in [0.2, 0.25) is 0 Å². The average molecular weight is 281 g/mol. The number of hydrogen-bond acceptors (Lipinski definition) is 3. The number of anilines is 3. The Kier molecular flexibility index (Phi) is 4.00. The van der Waals surface area contributed by atoms with Crippen LogP contribution >= 0.6 is 0 Å². The van der Waals surface area contributed by atoms with Crippen molar-refractivity contribution in [2.75, 3.05) is 55.0 Å². The molecule has 3 nitrogen and oxygen atoms in total.